The number of nitrogens with one attached hydrogen (secondary N) is 1. The molecule has 0 amide bonds. The van der Waals surface area contributed by atoms with Crippen LogP contribution < -0.4 is 5.32 Å². The van der Waals surface area contributed by atoms with Crippen molar-refractivity contribution in [2.24, 2.45) is 0 Å². The molecule has 0 aliphatic rings. The smallest absolute Gasteiger partial charge is 0.133 e. The van der Waals surface area contributed by atoms with E-state index in [0.29, 0.717) is 6.61 Å². The summed E-state index contributed by atoms with van der Waals surface area (Å²) in [5.74, 6) is 1.10. The van der Waals surface area contributed by atoms with Crippen molar-refractivity contribution in [3.8, 4) is 0 Å². The van der Waals surface area contributed by atoms with Crippen molar-refractivity contribution in [3.05, 3.63) is 12.8 Å². The lowest BCUT2D eigenvalue weighted by Crippen LogP contribution is -2.22. The second-order valence-corrected chi connectivity index (χ2v) is 4.23. The Hall–Kier alpha value is -0.220. The van der Waals surface area contributed by atoms with E-state index in [9.17, 15) is 0 Å². The molecule has 0 aromatic rings. The average molecular weight is 219 g/mol. The first-order chi connectivity index (χ1) is 6.31. The van der Waals surface area contributed by atoms with Gasteiger partial charge in [0.15, 0.2) is 0 Å². The van der Waals surface area contributed by atoms with Crippen LogP contribution in [0.5, 0.6) is 0 Å². The summed E-state index contributed by atoms with van der Waals surface area (Å²) in [4.78, 5) is 0. The van der Waals surface area contributed by atoms with Gasteiger partial charge in [-0.1, -0.05) is 43.9 Å². The van der Waals surface area contributed by atoms with Gasteiger partial charge in [0.05, 0.1) is 12.8 Å². The highest BCUT2D eigenvalue weighted by Gasteiger charge is 1.95. The van der Waals surface area contributed by atoms with Crippen molar-refractivity contribution in [1.29, 1.82) is 0 Å². The number of unbranched alkanes of at least 4 members (excludes halogenated alkanes) is 1. The number of ether oxygens (including phenoxy) is 1. The van der Waals surface area contributed by atoms with Crippen LogP contribution in [0.4, 0.5) is 0 Å². The minimum absolute atomic E-state index is 0.623. The molecule has 0 spiro atoms. The topological polar surface area (TPSA) is 21.3 Å². The van der Waals surface area contributed by atoms with E-state index in [1.54, 1.807) is 11.8 Å². The molecule has 4 heteroatoms. The number of hydrogen-bond donors (Lipinski definition) is 1. The van der Waals surface area contributed by atoms with Crippen LogP contribution in [0.2, 0.25) is 0 Å². The second-order valence-electron chi connectivity index (χ2n) is 2.45. The molecular formula is C9H17NOS2. The van der Waals surface area contributed by atoms with E-state index in [0.717, 1.165) is 16.6 Å². The lowest BCUT2D eigenvalue weighted by Gasteiger charge is -2.06. The summed E-state index contributed by atoms with van der Waals surface area (Å²) in [6.07, 6.45) is 3.87. The molecule has 0 radical (unpaired) electrons. The van der Waals surface area contributed by atoms with Crippen LogP contribution in [0.3, 0.4) is 0 Å². The standard InChI is InChI=1S/C9H17NOS2/c1-3-5-8-13-9(12)10-6-7-11-4-2/h4H,2-3,5-8H2,1H3,(H,10,12). The van der Waals surface area contributed by atoms with Crippen molar-refractivity contribution in [3.63, 3.8) is 0 Å². The van der Waals surface area contributed by atoms with Crippen molar-refractivity contribution in [2.45, 2.75) is 19.8 Å². The molecule has 0 aliphatic heterocycles. The Balaban J connectivity index is 3.15. The Labute approximate surface area is 90.1 Å². The van der Waals surface area contributed by atoms with Crippen LogP contribution in [0, 0.1) is 0 Å². The molecule has 1 N–H and O–H groups in total. The molecule has 0 aliphatic carbocycles. The number of rotatable bonds is 7. The molecule has 13 heavy (non-hydrogen) atoms. The van der Waals surface area contributed by atoms with Crippen molar-refractivity contribution >= 4 is 28.3 Å². The molecule has 0 saturated carbocycles. The zero-order valence-electron chi connectivity index (χ0n) is 8.04. The second kappa shape index (κ2) is 9.86. The molecule has 0 atom stereocenters. The van der Waals surface area contributed by atoms with Gasteiger partial charge in [-0.05, 0) is 6.42 Å². The average Bonchev–Trinajstić information content (AvgIpc) is 2.13. The van der Waals surface area contributed by atoms with Gasteiger partial charge < -0.3 is 10.1 Å². The van der Waals surface area contributed by atoms with Gasteiger partial charge in [0, 0.05) is 5.75 Å². The Morgan fingerprint density at radius 2 is 2.46 bits per heavy atom. The van der Waals surface area contributed by atoms with Crippen molar-refractivity contribution < 1.29 is 4.74 Å². The third-order valence-corrected chi connectivity index (χ3v) is 2.74. The van der Waals surface area contributed by atoms with Crippen LogP contribution in [-0.4, -0.2) is 23.2 Å². The van der Waals surface area contributed by atoms with E-state index in [2.05, 4.69) is 18.8 Å². The maximum absolute atomic E-state index is 5.09. The number of thiocarbonyl (C=S) groups is 1. The molecule has 0 saturated heterocycles. The highest BCUT2D eigenvalue weighted by atomic mass is 32.2. The molecule has 0 fully saturated rings. The van der Waals surface area contributed by atoms with Gasteiger partial charge in [0.2, 0.25) is 0 Å². The SMILES string of the molecule is C=COCCNC(=S)SCCCC. The largest absolute Gasteiger partial charge is 0.500 e. The molecule has 0 bridgehead atoms. The Kier molecular flexibility index (Phi) is 9.70. The Morgan fingerprint density at radius 3 is 3.08 bits per heavy atom. The normalized spacial score (nSPS) is 9.31. The quantitative estimate of drug-likeness (QED) is 0.403. The molecule has 0 aromatic heterocycles. The molecule has 0 rings (SSSR count). The summed E-state index contributed by atoms with van der Waals surface area (Å²) < 4.78 is 5.80. The van der Waals surface area contributed by atoms with Crippen LogP contribution in [0.15, 0.2) is 12.8 Å². The molecule has 2 nitrogen and oxygen atoms in total. The van der Waals surface area contributed by atoms with E-state index in [1.165, 1.54) is 19.1 Å². The monoisotopic (exact) mass is 219 g/mol. The van der Waals surface area contributed by atoms with E-state index < -0.39 is 0 Å². The third kappa shape index (κ3) is 9.70. The summed E-state index contributed by atoms with van der Waals surface area (Å²) in [7, 11) is 0. The van der Waals surface area contributed by atoms with E-state index >= 15 is 0 Å². The summed E-state index contributed by atoms with van der Waals surface area (Å²) in [6.45, 7) is 7.00. The van der Waals surface area contributed by atoms with Crippen LogP contribution in [0.25, 0.3) is 0 Å². The van der Waals surface area contributed by atoms with E-state index in [-0.39, 0.29) is 0 Å². The van der Waals surface area contributed by atoms with Crippen LogP contribution >= 0.6 is 24.0 Å². The highest BCUT2D eigenvalue weighted by Crippen LogP contribution is 2.05. The molecule has 0 unspecified atom stereocenters. The molecular weight excluding hydrogens is 202 g/mol. The van der Waals surface area contributed by atoms with Gasteiger partial charge in [-0.3, -0.25) is 0 Å². The van der Waals surface area contributed by atoms with Gasteiger partial charge in [-0.15, -0.1) is 0 Å². The van der Waals surface area contributed by atoms with Gasteiger partial charge in [0.25, 0.3) is 0 Å². The van der Waals surface area contributed by atoms with Gasteiger partial charge in [-0.25, -0.2) is 0 Å². The molecule has 76 valence electrons. The zero-order valence-corrected chi connectivity index (χ0v) is 9.68. The van der Waals surface area contributed by atoms with Gasteiger partial charge >= 0.3 is 0 Å². The minimum Gasteiger partial charge on any atom is -0.500 e. The van der Waals surface area contributed by atoms with Gasteiger partial charge in [-0.2, -0.15) is 0 Å². The first-order valence-corrected chi connectivity index (χ1v) is 5.83. The van der Waals surface area contributed by atoms with Crippen LogP contribution in [0.1, 0.15) is 19.8 Å². The Morgan fingerprint density at radius 1 is 1.69 bits per heavy atom. The molecule has 0 heterocycles. The Bertz CT molecular complexity index is 151. The highest BCUT2D eigenvalue weighted by molar-refractivity contribution is 8.22. The third-order valence-electron chi connectivity index (χ3n) is 1.34. The fraction of sp³-hybridized carbons (Fsp3) is 0.667. The number of thioether (sulfide) groups is 1. The maximum Gasteiger partial charge on any atom is 0.133 e. The summed E-state index contributed by atoms with van der Waals surface area (Å²) in [6, 6.07) is 0. The summed E-state index contributed by atoms with van der Waals surface area (Å²) >= 11 is 6.79. The first kappa shape index (κ1) is 12.8. The first-order valence-electron chi connectivity index (χ1n) is 4.44. The van der Waals surface area contributed by atoms with Crippen LogP contribution in [-0.2, 0) is 4.74 Å². The van der Waals surface area contributed by atoms with Crippen molar-refractivity contribution in [2.75, 3.05) is 18.9 Å². The van der Waals surface area contributed by atoms with Gasteiger partial charge in [0.1, 0.15) is 10.9 Å². The van der Waals surface area contributed by atoms with Crippen molar-refractivity contribution in [1.82, 2.24) is 5.32 Å². The summed E-state index contributed by atoms with van der Waals surface area (Å²) in [5, 5.41) is 3.10. The lowest BCUT2D eigenvalue weighted by molar-refractivity contribution is 0.256. The maximum atomic E-state index is 5.09. The summed E-state index contributed by atoms with van der Waals surface area (Å²) in [5.41, 5.74) is 0. The number of hydrogen-bond acceptors (Lipinski definition) is 3. The van der Waals surface area contributed by atoms with E-state index in [1.807, 2.05) is 0 Å². The zero-order chi connectivity index (χ0) is 9.94. The predicted molar refractivity (Wildman–Crippen MR) is 64.1 cm³/mol. The fourth-order valence-electron chi connectivity index (χ4n) is 0.656. The lowest BCUT2D eigenvalue weighted by atomic mass is 10.4. The van der Waals surface area contributed by atoms with E-state index in [4.69, 9.17) is 17.0 Å². The fourth-order valence-corrected chi connectivity index (χ4v) is 1.83. The molecule has 0 aromatic carbocycles. The predicted octanol–water partition coefficient (Wildman–Crippen LogP) is 2.55. The minimum atomic E-state index is 0.623.